The van der Waals surface area contributed by atoms with Crippen LogP contribution in [-0.4, -0.2) is 16.8 Å². The Morgan fingerprint density at radius 3 is 2.48 bits per heavy atom. The molecule has 118 valence electrons. The van der Waals surface area contributed by atoms with Gasteiger partial charge in [-0.25, -0.2) is 0 Å². The van der Waals surface area contributed by atoms with Crippen LogP contribution < -0.4 is 0 Å². The molecule has 1 heterocycles. The summed E-state index contributed by atoms with van der Waals surface area (Å²) in [5.41, 5.74) is 5.36. The molecule has 1 nitrogen and oxygen atoms in total. The lowest BCUT2D eigenvalue weighted by atomic mass is 9.81. The summed E-state index contributed by atoms with van der Waals surface area (Å²) in [4.78, 5) is 0. The van der Waals surface area contributed by atoms with E-state index in [-0.39, 0.29) is 5.41 Å². The molecule has 1 aliphatic rings. The molecule has 0 N–H and O–H groups in total. The van der Waals surface area contributed by atoms with Crippen LogP contribution in [0.4, 0.5) is 5.69 Å². The summed E-state index contributed by atoms with van der Waals surface area (Å²) >= 11 is 3.63. The Balaban J connectivity index is 2.09. The van der Waals surface area contributed by atoms with E-state index in [0.29, 0.717) is 0 Å². The van der Waals surface area contributed by atoms with Crippen LogP contribution in [0.5, 0.6) is 0 Å². The minimum Gasteiger partial charge on any atom is -0.195 e. The van der Waals surface area contributed by atoms with Crippen LogP contribution in [0, 0.1) is 0 Å². The van der Waals surface area contributed by atoms with E-state index in [2.05, 4.69) is 102 Å². The summed E-state index contributed by atoms with van der Waals surface area (Å²) in [5, 5.41) is 0. The summed E-state index contributed by atoms with van der Waals surface area (Å²) in [6.45, 7) is 7.92. The number of hydrogen-bond donors (Lipinski definition) is 0. The average molecular weight is 369 g/mol. The molecule has 2 aromatic rings. The van der Waals surface area contributed by atoms with Gasteiger partial charge in [-0.1, -0.05) is 53.2 Å². The largest absolute Gasteiger partial charge is 0.209 e. The molecule has 0 aromatic heterocycles. The number of halogens is 1. The van der Waals surface area contributed by atoms with Crippen molar-refractivity contribution in [1.29, 1.82) is 0 Å². The summed E-state index contributed by atoms with van der Waals surface area (Å²) < 4.78 is 3.62. The highest BCUT2D eigenvalue weighted by Crippen LogP contribution is 2.41. The van der Waals surface area contributed by atoms with E-state index < -0.39 is 0 Å². The van der Waals surface area contributed by atoms with Crippen LogP contribution in [0.3, 0.4) is 0 Å². The Labute approximate surface area is 147 Å². The van der Waals surface area contributed by atoms with Crippen LogP contribution in [0.2, 0.25) is 0 Å². The predicted octanol–water partition coefficient (Wildman–Crippen LogP) is 5.95. The molecule has 2 aromatic carbocycles. The van der Waals surface area contributed by atoms with E-state index in [0.717, 1.165) is 17.4 Å². The third-order valence-corrected chi connectivity index (χ3v) is 5.03. The van der Waals surface area contributed by atoms with E-state index in [9.17, 15) is 0 Å². The fraction of sp³-hybridized carbons (Fsp3) is 0.286. The van der Waals surface area contributed by atoms with Crippen molar-refractivity contribution in [2.24, 2.45) is 0 Å². The van der Waals surface area contributed by atoms with Crippen LogP contribution >= 0.6 is 15.9 Å². The fourth-order valence-electron chi connectivity index (χ4n) is 3.35. The maximum atomic E-state index is 3.63. The summed E-state index contributed by atoms with van der Waals surface area (Å²) in [6, 6.07) is 17.2. The first-order valence-corrected chi connectivity index (χ1v) is 9.01. The molecule has 0 amide bonds. The molecule has 1 aliphatic heterocycles. The van der Waals surface area contributed by atoms with Gasteiger partial charge in [-0.3, -0.25) is 0 Å². The second kappa shape index (κ2) is 6.45. The van der Waals surface area contributed by atoms with Crippen molar-refractivity contribution in [3.8, 4) is 0 Å². The first kappa shape index (κ1) is 16.2. The maximum absolute atomic E-state index is 3.63. The second-order valence-electron chi connectivity index (χ2n) is 6.57. The number of fused-ring (bicyclic) bond motifs is 1. The molecule has 0 radical (unpaired) electrons. The quantitative estimate of drug-likeness (QED) is 0.586. The van der Waals surface area contributed by atoms with Crippen LogP contribution in [0.25, 0.3) is 6.08 Å². The van der Waals surface area contributed by atoms with E-state index in [1.54, 1.807) is 0 Å². The average Bonchev–Trinajstić information content (AvgIpc) is 2.74. The Morgan fingerprint density at radius 1 is 1.04 bits per heavy atom. The molecule has 0 spiro atoms. The van der Waals surface area contributed by atoms with Crippen LogP contribution in [-0.2, 0) is 5.41 Å². The number of nitrogens with zero attached hydrogens (tertiary/aromatic N) is 1. The van der Waals surface area contributed by atoms with Gasteiger partial charge in [0.05, 0.1) is 5.41 Å². The number of rotatable bonds is 4. The van der Waals surface area contributed by atoms with Crippen LogP contribution in [0.1, 0.15) is 38.3 Å². The highest BCUT2D eigenvalue weighted by atomic mass is 79.9. The van der Waals surface area contributed by atoms with E-state index in [4.69, 9.17) is 0 Å². The van der Waals surface area contributed by atoms with Gasteiger partial charge in [0, 0.05) is 28.6 Å². The van der Waals surface area contributed by atoms with Gasteiger partial charge < -0.3 is 0 Å². The zero-order chi connectivity index (χ0) is 16.4. The number of benzene rings is 2. The SMILES string of the molecule is CCC[N+]1=C(/C=C/c2ccccc2)C(C)(C)c2cc(Br)ccc21. The molecule has 2 heteroatoms. The molecule has 0 atom stereocenters. The zero-order valence-corrected chi connectivity index (χ0v) is 15.6. The minimum absolute atomic E-state index is 0.0135. The lowest BCUT2D eigenvalue weighted by Crippen LogP contribution is -2.27. The molecule has 0 unspecified atom stereocenters. The number of allylic oxidation sites excluding steroid dienone is 1. The minimum atomic E-state index is 0.0135. The Hall–Kier alpha value is -1.67. The third kappa shape index (κ3) is 3.05. The summed E-state index contributed by atoms with van der Waals surface area (Å²) in [7, 11) is 0. The Kier molecular flexibility index (Phi) is 4.54. The van der Waals surface area contributed by atoms with Crippen molar-refractivity contribution in [2.45, 2.75) is 32.6 Å². The van der Waals surface area contributed by atoms with Crippen molar-refractivity contribution in [2.75, 3.05) is 6.54 Å². The molecule has 0 saturated heterocycles. The van der Waals surface area contributed by atoms with E-state index >= 15 is 0 Å². The van der Waals surface area contributed by atoms with Crippen molar-refractivity contribution >= 4 is 33.4 Å². The van der Waals surface area contributed by atoms with Gasteiger partial charge in [0.1, 0.15) is 6.54 Å². The second-order valence-corrected chi connectivity index (χ2v) is 7.48. The molecular formula is C21H23BrN+. The van der Waals surface area contributed by atoms with E-state index in [1.807, 2.05) is 0 Å². The molecular weight excluding hydrogens is 346 g/mol. The smallest absolute Gasteiger partial charge is 0.195 e. The lowest BCUT2D eigenvalue weighted by molar-refractivity contribution is -0.437. The van der Waals surface area contributed by atoms with Crippen molar-refractivity contribution < 1.29 is 4.58 Å². The molecule has 3 rings (SSSR count). The third-order valence-electron chi connectivity index (χ3n) is 4.53. The van der Waals surface area contributed by atoms with Gasteiger partial charge in [-0.05, 0) is 37.6 Å². The van der Waals surface area contributed by atoms with Gasteiger partial charge in [0.25, 0.3) is 0 Å². The first-order chi connectivity index (χ1) is 11.0. The first-order valence-electron chi connectivity index (χ1n) is 8.22. The molecule has 0 saturated carbocycles. The molecule has 0 fully saturated rings. The van der Waals surface area contributed by atoms with Crippen molar-refractivity contribution in [1.82, 2.24) is 0 Å². The summed E-state index contributed by atoms with van der Waals surface area (Å²) in [5.74, 6) is 0. The van der Waals surface area contributed by atoms with Crippen molar-refractivity contribution in [3.05, 3.63) is 70.2 Å². The van der Waals surface area contributed by atoms with Crippen molar-refractivity contribution in [3.63, 3.8) is 0 Å². The Bertz CT molecular complexity index is 770. The predicted molar refractivity (Wildman–Crippen MR) is 103 cm³/mol. The highest BCUT2D eigenvalue weighted by molar-refractivity contribution is 9.10. The van der Waals surface area contributed by atoms with Gasteiger partial charge in [0.15, 0.2) is 5.71 Å². The fourth-order valence-corrected chi connectivity index (χ4v) is 3.71. The lowest BCUT2D eigenvalue weighted by Gasteiger charge is -2.15. The monoisotopic (exact) mass is 368 g/mol. The highest BCUT2D eigenvalue weighted by Gasteiger charge is 2.43. The van der Waals surface area contributed by atoms with E-state index in [1.165, 1.54) is 22.5 Å². The molecule has 23 heavy (non-hydrogen) atoms. The topological polar surface area (TPSA) is 3.01 Å². The summed E-state index contributed by atoms with van der Waals surface area (Å²) in [6.07, 6.45) is 5.65. The van der Waals surface area contributed by atoms with Crippen LogP contribution in [0.15, 0.2) is 59.1 Å². The van der Waals surface area contributed by atoms with Gasteiger partial charge in [0.2, 0.25) is 5.69 Å². The van der Waals surface area contributed by atoms with Gasteiger partial charge in [-0.2, -0.15) is 4.58 Å². The zero-order valence-electron chi connectivity index (χ0n) is 14.0. The molecule has 0 aliphatic carbocycles. The number of hydrogen-bond acceptors (Lipinski definition) is 0. The van der Waals surface area contributed by atoms with Gasteiger partial charge >= 0.3 is 0 Å². The Morgan fingerprint density at radius 2 is 1.78 bits per heavy atom. The normalized spacial score (nSPS) is 16.2. The van der Waals surface area contributed by atoms with Gasteiger partial charge in [-0.15, -0.1) is 0 Å². The molecule has 0 bridgehead atoms. The standard InChI is InChI=1S/C21H23BrN/c1-4-14-23-19-12-11-17(22)15-18(19)21(2,3)20(23)13-10-16-8-6-5-7-9-16/h5-13,15H,4,14H2,1-3H3/q+1/b13-10+. The maximum Gasteiger partial charge on any atom is 0.209 e.